The van der Waals surface area contributed by atoms with E-state index in [2.05, 4.69) is 67.4 Å². The maximum absolute atomic E-state index is 4.73. The molecule has 140 valence electrons. The third-order valence-electron chi connectivity index (χ3n) is 4.45. The van der Waals surface area contributed by atoms with Crippen LogP contribution in [-0.2, 0) is 20.1 Å². The molecule has 0 saturated carbocycles. The number of nitrogens with zero attached hydrogens (tertiary/aromatic N) is 4. The number of hydrogen-bond donors (Lipinski definition) is 1. The van der Waals surface area contributed by atoms with E-state index in [4.69, 9.17) is 5.10 Å². The zero-order valence-corrected chi connectivity index (χ0v) is 17.0. The molecule has 26 heavy (non-hydrogen) atoms. The summed E-state index contributed by atoms with van der Waals surface area (Å²) in [6.07, 6.45) is 1.86. The van der Waals surface area contributed by atoms with Gasteiger partial charge in [0.25, 0.3) is 0 Å². The number of aromatic nitrogens is 3. The topological polar surface area (TPSA) is 46.0 Å². The van der Waals surface area contributed by atoms with Crippen LogP contribution in [0.25, 0.3) is 10.9 Å². The summed E-state index contributed by atoms with van der Waals surface area (Å²) in [4.78, 5) is 6.67. The molecule has 0 aliphatic rings. The summed E-state index contributed by atoms with van der Waals surface area (Å²) in [6.45, 7) is 5.96. The maximum Gasteiger partial charge on any atom is 0.130 e. The average Bonchev–Trinajstić information content (AvgIpc) is 2.92. The predicted molar refractivity (Wildman–Crippen MR) is 111 cm³/mol. The first-order valence-electron chi connectivity index (χ1n) is 8.75. The molecule has 0 unspecified atom stereocenters. The first-order chi connectivity index (χ1) is 12.0. The molecule has 0 fully saturated rings. The highest BCUT2D eigenvalue weighted by Gasteiger charge is 2.19. The van der Waals surface area contributed by atoms with Crippen LogP contribution in [0.15, 0.2) is 36.5 Å². The summed E-state index contributed by atoms with van der Waals surface area (Å²) in [7, 11) is 6.15. The van der Waals surface area contributed by atoms with E-state index in [0.717, 1.165) is 30.1 Å². The summed E-state index contributed by atoms with van der Waals surface area (Å²) in [6, 6.07) is 10.4. The molecule has 0 radical (unpaired) electrons. The van der Waals surface area contributed by atoms with Gasteiger partial charge in [-0.15, -0.1) is 12.4 Å². The highest BCUT2D eigenvalue weighted by Crippen LogP contribution is 2.27. The number of rotatable bonds is 6. The van der Waals surface area contributed by atoms with Gasteiger partial charge < -0.3 is 10.2 Å². The Balaban J connectivity index is 0.00000243. The summed E-state index contributed by atoms with van der Waals surface area (Å²) in [5.74, 6) is 1.56. The molecule has 0 spiro atoms. The molecule has 0 bridgehead atoms. The molecule has 0 amide bonds. The third-order valence-corrected chi connectivity index (χ3v) is 4.45. The van der Waals surface area contributed by atoms with Crippen molar-refractivity contribution in [3.63, 3.8) is 0 Å². The number of halogens is 1. The fourth-order valence-corrected chi connectivity index (χ4v) is 3.40. The highest BCUT2D eigenvalue weighted by atomic mass is 35.5. The van der Waals surface area contributed by atoms with Gasteiger partial charge in [0.05, 0.1) is 11.2 Å². The van der Waals surface area contributed by atoms with Crippen molar-refractivity contribution in [3.05, 3.63) is 53.3 Å². The molecule has 0 atom stereocenters. The largest absolute Gasteiger partial charge is 0.363 e. The van der Waals surface area contributed by atoms with Crippen molar-refractivity contribution >= 4 is 29.1 Å². The molecule has 5 nitrogen and oxygen atoms in total. The molecule has 0 saturated heterocycles. The zero-order valence-electron chi connectivity index (χ0n) is 16.2. The number of anilines is 1. The van der Waals surface area contributed by atoms with Gasteiger partial charge >= 0.3 is 0 Å². The Hall–Kier alpha value is -2.11. The van der Waals surface area contributed by atoms with Gasteiger partial charge in [-0.1, -0.05) is 38.1 Å². The maximum atomic E-state index is 4.73. The van der Waals surface area contributed by atoms with Crippen molar-refractivity contribution in [2.24, 2.45) is 7.05 Å². The lowest BCUT2D eigenvalue weighted by molar-refractivity contribution is 0.679. The van der Waals surface area contributed by atoms with Gasteiger partial charge in [-0.05, 0) is 17.5 Å². The monoisotopic (exact) mass is 373 g/mol. The van der Waals surface area contributed by atoms with Crippen LogP contribution in [0, 0.1) is 0 Å². The molecule has 6 heteroatoms. The van der Waals surface area contributed by atoms with Gasteiger partial charge in [-0.2, -0.15) is 5.10 Å². The normalized spacial score (nSPS) is 11.0. The minimum atomic E-state index is 0. The Morgan fingerprint density at radius 3 is 2.54 bits per heavy atom. The van der Waals surface area contributed by atoms with Gasteiger partial charge in [-0.3, -0.25) is 9.67 Å². The Labute approximate surface area is 161 Å². The standard InChI is InChI=1S/C20H27N5.ClH/c1-14(2)18-17(20(24(3)4)25(5)23-18)13-21-12-16-9-6-8-15-10-7-11-22-19(15)16;/h6-11,14,21H,12-13H2,1-5H3;1H. The van der Waals surface area contributed by atoms with E-state index in [1.165, 1.54) is 16.5 Å². The van der Waals surface area contributed by atoms with Crippen molar-refractivity contribution < 1.29 is 0 Å². The smallest absolute Gasteiger partial charge is 0.130 e. The van der Waals surface area contributed by atoms with Crippen molar-refractivity contribution in [1.82, 2.24) is 20.1 Å². The number of fused-ring (bicyclic) bond motifs is 1. The van der Waals surface area contributed by atoms with Crippen molar-refractivity contribution in [2.45, 2.75) is 32.9 Å². The molecule has 1 aromatic carbocycles. The lowest BCUT2D eigenvalue weighted by Crippen LogP contribution is -2.19. The van der Waals surface area contributed by atoms with E-state index < -0.39 is 0 Å². The molecule has 3 rings (SSSR count). The van der Waals surface area contributed by atoms with Crippen LogP contribution < -0.4 is 10.2 Å². The van der Waals surface area contributed by atoms with Crippen molar-refractivity contribution in [2.75, 3.05) is 19.0 Å². The molecule has 0 aliphatic heterocycles. The fourth-order valence-electron chi connectivity index (χ4n) is 3.40. The van der Waals surface area contributed by atoms with Crippen LogP contribution in [0.5, 0.6) is 0 Å². The Kier molecular flexibility index (Phi) is 6.62. The molecule has 0 aliphatic carbocycles. The Morgan fingerprint density at radius 2 is 1.85 bits per heavy atom. The van der Waals surface area contributed by atoms with E-state index >= 15 is 0 Å². The third kappa shape index (κ3) is 4.00. The fraction of sp³-hybridized carbons (Fsp3) is 0.400. The first kappa shape index (κ1) is 20.2. The Morgan fingerprint density at radius 1 is 1.12 bits per heavy atom. The van der Waals surface area contributed by atoms with E-state index in [-0.39, 0.29) is 12.4 Å². The number of pyridine rings is 1. The summed E-state index contributed by atoms with van der Waals surface area (Å²) in [5, 5.41) is 9.50. The molecule has 2 heterocycles. The van der Waals surface area contributed by atoms with Crippen LogP contribution in [0.1, 0.15) is 36.6 Å². The second-order valence-corrected chi connectivity index (χ2v) is 6.96. The van der Waals surface area contributed by atoms with Crippen molar-refractivity contribution in [3.8, 4) is 0 Å². The van der Waals surface area contributed by atoms with Crippen LogP contribution in [0.2, 0.25) is 0 Å². The highest BCUT2D eigenvalue weighted by molar-refractivity contribution is 5.85. The number of nitrogens with one attached hydrogen (secondary N) is 1. The Bertz CT molecular complexity index is 865. The van der Waals surface area contributed by atoms with E-state index in [0.29, 0.717) is 5.92 Å². The minimum absolute atomic E-state index is 0. The lowest BCUT2D eigenvalue weighted by Gasteiger charge is -2.16. The quantitative estimate of drug-likeness (QED) is 0.712. The minimum Gasteiger partial charge on any atom is -0.363 e. The molecule has 2 aromatic heterocycles. The average molecular weight is 374 g/mol. The number of aryl methyl sites for hydroxylation is 1. The van der Waals surface area contributed by atoms with Crippen LogP contribution in [-0.4, -0.2) is 28.9 Å². The molecule has 1 N–H and O–H groups in total. The van der Waals surface area contributed by atoms with Gasteiger partial charge in [0.2, 0.25) is 0 Å². The predicted octanol–water partition coefficient (Wildman–Crippen LogP) is 3.87. The first-order valence-corrected chi connectivity index (χ1v) is 8.75. The summed E-state index contributed by atoms with van der Waals surface area (Å²) in [5.41, 5.74) is 4.73. The van der Waals surface area contributed by atoms with Gasteiger partial charge in [0, 0.05) is 51.4 Å². The molecule has 3 aromatic rings. The van der Waals surface area contributed by atoms with E-state index in [1.807, 2.05) is 24.0 Å². The van der Waals surface area contributed by atoms with Crippen molar-refractivity contribution in [1.29, 1.82) is 0 Å². The lowest BCUT2D eigenvalue weighted by atomic mass is 10.0. The summed E-state index contributed by atoms with van der Waals surface area (Å²) < 4.78 is 1.98. The van der Waals surface area contributed by atoms with E-state index in [1.54, 1.807) is 0 Å². The van der Waals surface area contributed by atoms with Gasteiger partial charge in [-0.25, -0.2) is 0 Å². The van der Waals surface area contributed by atoms with Crippen LogP contribution >= 0.6 is 12.4 Å². The van der Waals surface area contributed by atoms with Gasteiger partial charge in [0.1, 0.15) is 5.82 Å². The van der Waals surface area contributed by atoms with Gasteiger partial charge in [0.15, 0.2) is 0 Å². The zero-order chi connectivity index (χ0) is 18.0. The number of hydrogen-bond acceptors (Lipinski definition) is 4. The second-order valence-electron chi connectivity index (χ2n) is 6.96. The molecular weight excluding hydrogens is 346 g/mol. The number of benzene rings is 1. The summed E-state index contributed by atoms with van der Waals surface area (Å²) >= 11 is 0. The van der Waals surface area contributed by atoms with E-state index in [9.17, 15) is 0 Å². The number of para-hydroxylation sites is 1. The SMILES string of the molecule is CC(C)c1nn(C)c(N(C)C)c1CNCc1cccc2cccnc12.Cl. The van der Waals surface area contributed by atoms with Crippen LogP contribution in [0.4, 0.5) is 5.82 Å². The second kappa shape index (κ2) is 8.52. The molecular formula is C20H28ClN5. The van der Waals surface area contributed by atoms with Crippen LogP contribution in [0.3, 0.4) is 0 Å².